The normalized spacial score (nSPS) is 13.3. The predicted octanol–water partition coefficient (Wildman–Crippen LogP) is -3.30. The van der Waals surface area contributed by atoms with Crippen molar-refractivity contribution in [3.8, 4) is 0 Å². The Bertz CT molecular complexity index is 711. The maximum atomic E-state index is 12.6. The van der Waals surface area contributed by atoms with Crippen molar-refractivity contribution < 1.29 is 24.0 Å². The van der Waals surface area contributed by atoms with Gasteiger partial charge >= 0.3 is 0 Å². The van der Waals surface area contributed by atoms with Crippen LogP contribution in [0.15, 0.2) is 4.99 Å². The molecule has 0 aliphatic rings. The Morgan fingerprint density at radius 3 is 2.03 bits per heavy atom. The van der Waals surface area contributed by atoms with Crippen LogP contribution >= 0.6 is 12.6 Å². The van der Waals surface area contributed by atoms with E-state index in [9.17, 15) is 24.0 Å². The minimum absolute atomic E-state index is 0.0596. The van der Waals surface area contributed by atoms with Gasteiger partial charge in [-0.15, -0.1) is 0 Å². The molecule has 0 bridgehead atoms. The van der Waals surface area contributed by atoms with Gasteiger partial charge in [0.05, 0.1) is 6.54 Å². The van der Waals surface area contributed by atoms with E-state index in [1.165, 1.54) is 6.92 Å². The molecule has 0 fully saturated rings. The fourth-order valence-electron chi connectivity index (χ4n) is 2.57. The van der Waals surface area contributed by atoms with Gasteiger partial charge in [0, 0.05) is 19.2 Å². The van der Waals surface area contributed by atoms with Crippen LogP contribution in [0.1, 0.15) is 33.6 Å². The van der Waals surface area contributed by atoms with Gasteiger partial charge in [-0.05, 0) is 18.8 Å². The molecule has 14 heteroatoms. The Balaban J connectivity index is 4.86. The highest BCUT2D eigenvalue weighted by atomic mass is 32.1. The minimum Gasteiger partial charge on any atom is -0.370 e. The maximum absolute atomic E-state index is 12.6. The Labute approximate surface area is 192 Å². The van der Waals surface area contributed by atoms with Crippen LogP contribution in [-0.2, 0) is 24.0 Å². The minimum atomic E-state index is -1.07. The number of hydrogen-bond donors (Lipinski definition) is 8. The van der Waals surface area contributed by atoms with E-state index in [0.717, 1.165) is 0 Å². The van der Waals surface area contributed by atoms with Crippen LogP contribution in [0.3, 0.4) is 0 Å². The highest BCUT2D eigenvalue weighted by Gasteiger charge is 2.26. The molecule has 0 unspecified atom stereocenters. The van der Waals surface area contributed by atoms with Crippen molar-refractivity contribution in [2.24, 2.45) is 28.1 Å². The average molecular weight is 475 g/mol. The molecule has 0 heterocycles. The quantitative estimate of drug-likeness (QED) is 0.0553. The molecule has 0 aromatic carbocycles. The second-order valence-corrected chi connectivity index (χ2v) is 7.72. The summed E-state index contributed by atoms with van der Waals surface area (Å²) in [6, 6.07) is -2.86. The number of hydrogen-bond acceptors (Lipinski definition) is 7. The summed E-state index contributed by atoms with van der Waals surface area (Å²) in [5, 5.41) is 9.79. The smallest absolute Gasteiger partial charge is 0.243 e. The van der Waals surface area contributed by atoms with Crippen LogP contribution in [-0.4, -0.2) is 72.5 Å². The molecule has 0 aromatic heterocycles. The zero-order valence-electron chi connectivity index (χ0n) is 18.5. The first-order chi connectivity index (χ1) is 14.9. The molecule has 0 saturated heterocycles. The van der Waals surface area contributed by atoms with E-state index >= 15 is 0 Å². The standard InChI is InChI=1S/C18H34N8O5S/c1-9(2)14(15(19)29)26-13(28)7-23-16(30)12(8-32)25-17(31)11(24-10(3)27)5-4-6-22-18(20)21/h9,11-12,14,32H,4-8H2,1-3H3,(H2,19,29)(H,23,30)(H,24,27)(H,25,31)(H,26,28)(H4,20,21,22)/t11-,12-,14-/m0/s1. The lowest BCUT2D eigenvalue weighted by atomic mass is 10.0. The molecule has 0 radical (unpaired) electrons. The van der Waals surface area contributed by atoms with Crippen molar-refractivity contribution in [3.05, 3.63) is 0 Å². The van der Waals surface area contributed by atoms with Crippen molar-refractivity contribution in [1.29, 1.82) is 0 Å². The van der Waals surface area contributed by atoms with Gasteiger partial charge in [-0.1, -0.05) is 13.8 Å². The van der Waals surface area contributed by atoms with E-state index in [2.05, 4.69) is 38.9 Å². The summed E-state index contributed by atoms with van der Waals surface area (Å²) in [5.74, 6) is -3.37. The SMILES string of the molecule is CC(=O)N[C@@H](CCCN=C(N)N)C(=O)N[C@@H](CS)C(=O)NCC(=O)N[C@H](C(N)=O)C(C)C. The van der Waals surface area contributed by atoms with Crippen LogP contribution in [0.25, 0.3) is 0 Å². The third-order valence-corrected chi connectivity index (χ3v) is 4.53. The van der Waals surface area contributed by atoms with Crippen LogP contribution in [0.4, 0.5) is 0 Å². The van der Waals surface area contributed by atoms with Crippen LogP contribution in [0.2, 0.25) is 0 Å². The molecule has 0 spiro atoms. The number of carbonyl (C=O) groups is 5. The van der Waals surface area contributed by atoms with Gasteiger partial charge in [-0.2, -0.15) is 12.6 Å². The number of amides is 5. The lowest BCUT2D eigenvalue weighted by Gasteiger charge is -2.22. The molecule has 10 N–H and O–H groups in total. The summed E-state index contributed by atoms with van der Waals surface area (Å²) in [6.07, 6.45) is 0.639. The highest BCUT2D eigenvalue weighted by molar-refractivity contribution is 7.80. The highest BCUT2D eigenvalue weighted by Crippen LogP contribution is 2.02. The van der Waals surface area contributed by atoms with Crippen molar-refractivity contribution in [1.82, 2.24) is 21.3 Å². The van der Waals surface area contributed by atoms with Gasteiger partial charge in [0.2, 0.25) is 29.5 Å². The molecule has 5 amide bonds. The molecule has 3 atom stereocenters. The first kappa shape index (κ1) is 29.0. The van der Waals surface area contributed by atoms with E-state index in [-0.39, 0.29) is 30.6 Å². The first-order valence-electron chi connectivity index (χ1n) is 9.99. The topological polar surface area (TPSA) is 224 Å². The first-order valence-corrected chi connectivity index (χ1v) is 10.6. The summed E-state index contributed by atoms with van der Waals surface area (Å²) in [7, 11) is 0. The van der Waals surface area contributed by atoms with Crippen LogP contribution in [0, 0.1) is 5.92 Å². The van der Waals surface area contributed by atoms with E-state index in [4.69, 9.17) is 17.2 Å². The van der Waals surface area contributed by atoms with Crippen LogP contribution in [0.5, 0.6) is 0 Å². The Hall–Kier alpha value is -3.03. The Morgan fingerprint density at radius 2 is 1.56 bits per heavy atom. The third-order valence-electron chi connectivity index (χ3n) is 4.17. The molecular weight excluding hydrogens is 440 g/mol. The lowest BCUT2D eigenvalue weighted by molar-refractivity contribution is -0.132. The summed E-state index contributed by atoms with van der Waals surface area (Å²) in [5.41, 5.74) is 15.7. The van der Waals surface area contributed by atoms with E-state index in [0.29, 0.717) is 6.42 Å². The third kappa shape index (κ3) is 12.0. The number of carbonyl (C=O) groups excluding carboxylic acids is 5. The molecular formula is C18H34N8O5S. The number of nitrogens with two attached hydrogens (primary N) is 3. The van der Waals surface area contributed by atoms with E-state index in [1.54, 1.807) is 13.8 Å². The molecule has 0 rings (SSSR count). The van der Waals surface area contributed by atoms with E-state index < -0.39 is 54.2 Å². The summed E-state index contributed by atoms with van der Waals surface area (Å²) in [4.78, 5) is 63.5. The number of aliphatic imine (C=N–C) groups is 1. The van der Waals surface area contributed by atoms with Gasteiger partial charge in [-0.3, -0.25) is 29.0 Å². The fourth-order valence-corrected chi connectivity index (χ4v) is 2.82. The van der Waals surface area contributed by atoms with Crippen molar-refractivity contribution >= 4 is 48.1 Å². The Kier molecular flexibility index (Phi) is 13.5. The summed E-state index contributed by atoms with van der Waals surface area (Å²) < 4.78 is 0. The summed E-state index contributed by atoms with van der Waals surface area (Å²) >= 11 is 4.06. The molecule has 182 valence electrons. The van der Waals surface area contributed by atoms with Gasteiger partial charge in [0.1, 0.15) is 18.1 Å². The van der Waals surface area contributed by atoms with Gasteiger partial charge < -0.3 is 38.5 Å². The fraction of sp³-hybridized carbons (Fsp3) is 0.667. The molecule has 0 aliphatic carbocycles. The zero-order valence-corrected chi connectivity index (χ0v) is 19.4. The molecule has 0 aliphatic heterocycles. The van der Waals surface area contributed by atoms with E-state index in [1.807, 2.05) is 0 Å². The largest absolute Gasteiger partial charge is 0.370 e. The number of rotatable bonds is 14. The predicted molar refractivity (Wildman–Crippen MR) is 122 cm³/mol. The second kappa shape index (κ2) is 14.9. The van der Waals surface area contributed by atoms with Crippen molar-refractivity contribution in [2.75, 3.05) is 18.8 Å². The monoisotopic (exact) mass is 474 g/mol. The lowest BCUT2D eigenvalue weighted by Crippen LogP contribution is -2.56. The molecule has 32 heavy (non-hydrogen) atoms. The maximum Gasteiger partial charge on any atom is 0.243 e. The molecule has 13 nitrogen and oxygen atoms in total. The Morgan fingerprint density at radius 1 is 0.938 bits per heavy atom. The van der Waals surface area contributed by atoms with Gasteiger partial charge in [0.25, 0.3) is 0 Å². The number of primary amides is 1. The average Bonchev–Trinajstić information content (AvgIpc) is 2.69. The van der Waals surface area contributed by atoms with Gasteiger partial charge in [0.15, 0.2) is 5.96 Å². The number of nitrogens with one attached hydrogen (secondary N) is 4. The number of nitrogens with zero attached hydrogens (tertiary/aromatic N) is 1. The number of thiol groups is 1. The second-order valence-electron chi connectivity index (χ2n) is 7.36. The zero-order chi connectivity index (χ0) is 24.8. The van der Waals surface area contributed by atoms with Crippen LogP contribution < -0.4 is 38.5 Å². The molecule has 0 aromatic rings. The van der Waals surface area contributed by atoms with Crippen molar-refractivity contribution in [2.45, 2.75) is 51.7 Å². The molecule has 0 saturated carbocycles. The van der Waals surface area contributed by atoms with Gasteiger partial charge in [-0.25, -0.2) is 0 Å². The number of guanidine groups is 1. The summed E-state index contributed by atoms with van der Waals surface area (Å²) in [6.45, 7) is 4.52. The van der Waals surface area contributed by atoms with Crippen molar-refractivity contribution in [3.63, 3.8) is 0 Å².